The molecule has 0 spiro atoms. The summed E-state index contributed by atoms with van der Waals surface area (Å²) < 4.78 is 5.38. The number of anilines is 2. The fraction of sp³-hybridized carbons (Fsp3) is 0.316. The van der Waals surface area contributed by atoms with E-state index in [0.717, 1.165) is 59.3 Å². The second kappa shape index (κ2) is 6.10. The van der Waals surface area contributed by atoms with Crippen LogP contribution in [0.4, 0.5) is 11.5 Å². The number of aromatic amines is 2. The number of nitrogens with one attached hydrogen (secondary N) is 3. The number of ether oxygens (including phenoxy) is 1. The Morgan fingerprint density at radius 3 is 3.19 bits per heavy atom. The zero-order chi connectivity index (χ0) is 17.5. The summed E-state index contributed by atoms with van der Waals surface area (Å²) in [6.07, 6.45) is 6.59. The Morgan fingerprint density at radius 2 is 2.27 bits per heavy atom. The van der Waals surface area contributed by atoms with Gasteiger partial charge in [-0.1, -0.05) is 0 Å². The summed E-state index contributed by atoms with van der Waals surface area (Å²) in [4.78, 5) is 12.5. The number of aromatic nitrogens is 5. The molecule has 132 valence electrons. The number of methoxy groups -OCH3 is 1. The smallest absolute Gasteiger partial charge is 0.143 e. The molecule has 0 fully saturated rings. The number of rotatable bonds is 4. The van der Waals surface area contributed by atoms with Crippen LogP contribution in [-0.2, 0) is 17.6 Å². The minimum atomic E-state index is 0.543. The SMILES string of the molecule is COCC1CCc2[nH]c3ncnc(Nc4ccc5[nH]ncc5c4)c3c2C1. The Labute approximate surface area is 150 Å². The summed E-state index contributed by atoms with van der Waals surface area (Å²) in [5, 5.41) is 12.7. The van der Waals surface area contributed by atoms with Crippen LogP contribution < -0.4 is 5.32 Å². The lowest BCUT2D eigenvalue weighted by molar-refractivity contribution is 0.145. The molecule has 0 bridgehead atoms. The van der Waals surface area contributed by atoms with E-state index in [0.29, 0.717) is 5.92 Å². The van der Waals surface area contributed by atoms with E-state index >= 15 is 0 Å². The standard InChI is InChI=1S/C19H20N6O/c1-26-9-11-2-4-16-14(6-11)17-18(20-10-21-19(17)24-16)23-13-3-5-15-12(7-13)8-22-25-15/h3,5,7-8,10-11H,2,4,6,9H2,1H3,(H,22,25)(H2,20,21,23,24). The molecular formula is C19H20N6O. The average Bonchev–Trinajstić information content (AvgIpc) is 3.26. The number of benzene rings is 1. The summed E-state index contributed by atoms with van der Waals surface area (Å²) in [6, 6.07) is 6.12. The topological polar surface area (TPSA) is 91.5 Å². The molecule has 1 atom stereocenters. The molecule has 0 saturated heterocycles. The van der Waals surface area contributed by atoms with Gasteiger partial charge in [0.15, 0.2) is 0 Å². The zero-order valence-electron chi connectivity index (χ0n) is 14.5. The van der Waals surface area contributed by atoms with Gasteiger partial charge in [-0.25, -0.2) is 9.97 Å². The van der Waals surface area contributed by atoms with Crippen molar-refractivity contribution in [2.45, 2.75) is 19.3 Å². The molecule has 3 aromatic heterocycles. The number of aryl methyl sites for hydroxylation is 1. The van der Waals surface area contributed by atoms with Crippen LogP contribution in [0.1, 0.15) is 17.7 Å². The lowest BCUT2D eigenvalue weighted by Gasteiger charge is -2.21. The summed E-state index contributed by atoms with van der Waals surface area (Å²) in [5.41, 5.74) is 5.50. The monoisotopic (exact) mass is 348 g/mol. The van der Waals surface area contributed by atoms with Crippen molar-refractivity contribution in [1.82, 2.24) is 25.1 Å². The Balaban J connectivity index is 1.56. The molecule has 1 aliphatic carbocycles. The summed E-state index contributed by atoms with van der Waals surface area (Å²) in [7, 11) is 1.77. The quantitative estimate of drug-likeness (QED) is 0.526. The van der Waals surface area contributed by atoms with Crippen molar-refractivity contribution in [2.24, 2.45) is 5.92 Å². The van der Waals surface area contributed by atoms with E-state index in [-0.39, 0.29) is 0 Å². The highest BCUT2D eigenvalue weighted by molar-refractivity contribution is 5.94. The van der Waals surface area contributed by atoms with Gasteiger partial charge in [-0.05, 0) is 48.9 Å². The molecule has 0 aliphatic heterocycles. The number of nitrogens with zero attached hydrogens (tertiary/aromatic N) is 3. The first-order valence-electron chi connectivity index (χ1n) is 8.85. The van der Waals surface area contributed by atoms with Gasteiger partial charge in [0.05, 0.1) is 17.1 Å². The maximum Gasteiger partial charge on any atom is 0.143 e. The van der Waals surface area contributed by atoms with Crippen LogP contribution in [-0.4, -0.2) is 38.9 Å². The molecule has 0 amide bonds. The third-order valence-corrected chi connectivity index (χ3v) is 5.18. The van der Waals surface area contributed by atoms with Gasteiger partial charge in [-0.3, -0.25) is 5.10 Å². The molecule has 5 rings (SSSR count). The average molecular weight is 348 g/mol. The molecule has 7 heteroatoms. The van der Waals surface area contributed by atoms with Crippen LogP contribution in [0, 0.1) is 5.92 Å². The summed E-state index contributed by atoms with van der Waals surface area (Å²) >= 11 is 0. The maximum atomic E-state index is 5.38. The lowest BCUT2D eigenvalue weighted by atomic mass is 9.87. The third kappa shape index (κ3) is 2.52. The highest BCUT2D eigenvalue weighted by Crippen LogP contribution is 2.35. The molecular weight excluding hydrogens is 328 g/mol. The minimum absolute atomic E-state index is 0.543. The second-order valence-electron chi connectivity index (χ2n) is 6.89. The van der Waals surface area contributed by atoms with Crippen LogP contribution in [0.2, 0.25) is 0 Å². The van der Waals surface area contributed by atoms with E-state index in [1.165, 1.54) is 11.3 Å². The van der Waals surface area contributed by atoms with Gasteiger partial charge in [0.25, 0.3) is 0 Å². The minimum Gasteiger partial charge on any atom is -0.384 e. The van der Waals surface area contributed by atoms with Gasteiger partial charge in [0.1, 0.15) is 17.8 Å². The molecule has 4 aromatic rings. The predicted molar refractivity (Wildman–Crippen MR) is 101 cm³/mol. The van der Waals surface area contributed by atoms with E-state index in [9.17, 15) is 0 Å². The zero-order valence-corrected chi connectivity index (χ0v) is 14.5. The predicted octanol–water partition coefficient (Wildman–Crippen LogP) is 3.33. The molecule has 0 radical (unpaired) electrons. The van der Waals surface area contributed by atoms with Crippen molar-refractivity contribution < 1.29 is 4.74 Å². The molecule has 1 aromatic carbocycles. The molecule has 3 N–H and O–H groups in total. The van der Waals surface area contributed by atoms with Crippen LogP contribution in [0.3, 0.4) is 0 Å². The van der Waals surface area contributed by atoms with E-state index in [4.69, 9.17) is 4.74 Å². The first-order chi connectivity index (χ1) is 12.8. The lowest BCUT2D eigenvalue weighted by Crippen LogP contribution is -2.18. The van der Waals surface area contributed by atoms with Crippen molar-refractivity contribution in [2.75, 3.05) is 19.0 Å². The van der Waals surface area contributed by atoms with E-state index in [1.807, 2.05) is 18.3 Å². The van der Waals surface area contributed by atoms with E-state index in [1.54, 1.807) is 13.4 Å². The molecule has 1 unspecified atom stereocenters. The highest BCUT2D eigenvalue weighted by atomic mass is 16.5. The second-order valence-corrected chi connectivity index (χ2v) is 6.89. The van der Waals surface area contributed by atoms with Crippen LogP contribution in [0.15, 0.2) is 30.7 Å². The number of hydrogen-bond acceptors (Lipinski definition) is 5. The first kappa shape index (κ1) is 15.3. The molecule has 3 heterocycles. The van der Waals surface area contributed by atoms with Crippen molar-refractivity contribution in [3.63, 3.8) is 0 Å². The van der Waals surface area contributed by atoms with Crippen LogP contribution >= 0.6 is 0 Å². The first-order valence-corrected chi connectivity index (χ1v) is 8.85. The van der Waals surface area contributed by atoms with E-state index < -0.39 is 0 Å². The van der Waals surface area contributed by atoms with Gasteiger partial charge in [0.2, 0.25) is 0 Å². The van der Waals surface area contributed by atoms with Crippen LogP contribution in [0.5, 0.6) is 0 Å². The molecule has 7 nitrogen and oxygen atoms in total. The molecule has 1 aliphatic rings. The highest BCUT2D eigenvalue weighted by Gasteiger charge is 2.25. The van der Waals surface area contributed by atoms with Gasteiger partial charge in [-0.15, -0.1) is 0 Å². The Bertz CT molecular complexity index is 1080. The maximum absolute atomic E-state index is 5.38. The third-order valence-electron chi connectivity index (χ3n) is 5.18. The number of hydrogen-bond donors (Lipinski definition) is 3. The largest absolute Gasteiger partial charge is 0.384 e. The van der Waals surface area contributed by atoms with Crippen molar-refractivity contribution >= 4 is 33.4 Å². The molecule has 26 heavy (non-hydrogen) atoms. The fourth-order valence-corrected chi connectivity index (χ4v) is 3.94. The fourth-order valence-electron chi connectivity index (χ4n) is 3.94. The van der Waals surface area contributed by atoms with Gasteiger partial charge < -0.3 is 15.0 Å². The van der Waals surface area contributed by atoms with Gasteiger partial charge in [0, 0.05) is 30.5 Å². The van der Waals surface area contributed by atoms with Crippen molar-refractivity contribution in [3.05, 3.63) is 42.0 Å². The molecule has 0 saturated carbocycles. The van der Waals surface area contributed by atoms with Crippen molar-refractivity contribution in [3.8, 4) is 0 Å². The van der Waals surface area contributed by atoms with Gasteiger partial charge >= 0.3 is 0 Å². The van der Waals surface area contributed by atoms with Crippen molar-refractivity contribution in [1.29, 1.82) is 0 Å². The Kier molecular flexibility index (Phi) is 3.60. The normalized spacial score (nSPS) is 16.9. The van der Waals surface area contributed by atoms with Crippen LogP contribution in [0.25, 0.3) is 21.9 Å². The summed E-state index contributed by atoms with van der Waals surface area (Å²) in [5.74, 6) is 1.38. The summed E-state index contributed by atoms with van der Waals surface area (Å²) in [6.45, 7) is 0.791. The number of fused-ring (bicyclic) bond motifs is 4. The van der Waals surface area contributed by atoms with Gasteiger partial charge in [-0.2, -0.15) is 5.10 Å². The number of H-pyrrole nitrogens is 2. The Morgan fingerprint density at radius 1 is 1.31 bits per heavy atom. The Hall–Kier alpha value is -2.93. The van der Waals surface area contributed by atoms with E-state index in [2.05, 4.69) is 36.5 Å².